The number of amidine groups is 1. The van der Waals surface area contributed by atoms with Crippen LogP contribution in [-0.2, 0) is 27.5 Å². The summed E-state index contributed by atoms with van der Waals surface area (Å²) in [6.07, 6.45) is -0.476. The Balaban J connectivity index is 1.19. The quantitative estimate of drug-likeness (QED) is 0.350. The number of benzene rings is 2. The first-order valence-electron chi connectivity index (χ1n) is 14.3. The van der Waals surface area contributed by atoms with Gasteiger partial charge in [-0.05, 0) is 92.3 Å². The first-order chi connectivity index (χ1) is 19.5. The minimum atomic E-state index is -4.50. The summed E-state index contributed by atoms with van der Waals surface area (Å²) in [5.74, 6) is 0.703. The first kappa shape index (κ1) is 29.3. The Labute approximate surface area is 243 Å². The smallest absolute Gasteiger partial charge is 0.360 e. The highest BCUT2D eigenvalue weighted by molar-refractivity contribution is 7.89. The molecule has 0 saturated heterocycles. The van der Waals surface area contributed by atoms with Crippen molar-refractivity contribution in [2.45, 2.75) is 88.0 Å². The van der Waals surface area contributed by atoms with Gasteiger partial charge < -0.3 is 5.32 Å². The molecule has 1 heterocycles. The van der Waals surface area contributed by atoms with Gasteiger partial charge in [-0.1, -0.05) is 26.0 Å². The molecule has 2 aromatic rings. The fraction of sp³-hybridized carbons (Fsp3) is 0.548. The predicted octanol–water partition coefficient (Wildman–Crippen LogP) is 6.11. The average Bonchev–Trinajstić information content (AvgIpc) is 3.24. The number of nitrogens with zero attached hydrogens (tertiary/aromatic N) is 2. The van der Waals surface area contributed by atoms with Gasteiger partial charge in [0.1, 0.15) is 17.2 Å². The van der Waals surface area contributed by atoms with Crippen LogP contribution in [0.3, 0.4) is 0 Å². The van der Waals surface area contributed by atoms with Gasteiger partial charge in [-0.25, -0.2) is 12.8 Å². The van der Waals surface area contributed by atoms with Crippen LogP contribution < -0.4 is 5.32 Å². The lowest BCUT2D eigenvalue weighted by molar-refractivity contribution is -0.151. The second-order valence-electron chi connectivity index (χ2n) is 13.9. The number of hydrogen-bond acceptors (Lipinski definition) is 5. The monoisotopic (exact) mass is 605 g/mol. The molecule has 0 amide bonds. The molecule has 1 aliphatic heterocycles. The summed E-state index contributed by atoms with van der Waals surface area (Å²) in [6, 6.07) is 9.03. The lowest BCUT2D eigenvalue weighted by Crippen LogP contribution is -2.78. The number of nitrogens with one attached hydrogen (secondary N) is 1. The maximum absolute atomic E-state index is 13.9. The molecule has 11 heteroatoms. The summed E-state index contributed by atoms with van der Waals surface area (Å²) in [6.45, 7) is 6.52. The highest BCUT2D eigenvalue weighted by Gasteiger charge is 2.75. The van der Waals surface area contributed by atoms with Gasteiger partial charge in [0.2, 0.25) is 10.0 Å². The normalized spacial score (nSPS) is 30.1. The van der Waals surface area contributed by atoms with E-state index in [1.165, 1.54) is 28.6 Å². The first-order valence-corrected chi connectivity index (χ1v) is 15.7. The van der Waals surface area contributed by atoms with Gasteiger partial charge >= 0.3 is 6.18 Å². The van der Waals surface area contributed by atoms with Crippen LogP contribution in [0.2, 0.25) is 0 Å². The van der Waals surface area contributed by atoms with Gasteiger partial charge in [-0.3, -0.25) is 9.79 Å². The number of halogens is 4. The number of ketones is 1. The molecule has 0 unspecified atom stereocenters. The number of carbonyl (C=O) groups is 1. The summed E-state index contributed by atoms with van der Waals surface area (Å²) >= 11 is 0. The Morgan fingerprint density at radius 2 is 1.60 bits per heavy atom. The largest absolute Gasteiger partial charge is 0.416 e. The molecule has 226 valence electrons. The van der Waals surface area contributed by atoms with E-state index in [1.54, 1.807) is 0 Å². The Kier molecular flexibility index (Phi) is 6.52. The Morgan fingerprint density at radius 1 is 1.00 bits per heavy atom. The predicted molar refractivity (Wildman–Crippen MR) is 150 cm³/mol. The molecule has 1 atom stereocenters. The van der Waals surface area contributed by atoms with E-state index in [-0.39, 0.29) is 28.1 Å². The molecule has 7 rings (SSSR count). The van der Waals surface area contributed by atoms with Crippen LogP contribution in [0, 0.1) is 22.6 Å². The second-order valence-corrected chi connectivity index (χ2v) is 15.7. The van der Waals surface area contributed by atoms with E-state index in [0.717, 1.165) is 42.9 Å². The van der Waals surface area contributed by atoms with Crippen LogP contribution >= 0.6 is 0 Å². The number of carbonyl (C=O) groups excluding carboxylic acids is 1. The van der Waals surface area contributed by atoms with E-state index in [2.05, 4.69) is 19.2 Å². The molecule has 1 N–H and O–H groups in total. The molecule has 2 bridgehead atoms. The maximum atomic E-state index is 13.9. The molecule has 4 fully saturated rings. The molecular weight excluding hydrogens is 570 g/mol. The molecule has 0 spiro atoms. The molecule has 5 aliphatic rings. The zero-order valence-electron chi connectivity index (χ0n) is 23.9. The summed E-state index contributed by atoms with van der Waals surface area (Å²) in [4.78, 5) is 17.9. The SMILES string of the molecule is CC1(C)CC(CC(=O)[C@@]2(C)CN=C(C34CC(N(Cc5ccc(C(F)(F)F)cc5)S(=O)(=O)c5ccc(F)cc5)(C3)C4)N2)C1. The van der Waals surface area contributed by atoms with Crippen LogP contribution in [-0.4, -0.2) is 42.0 Å². The number of alkyl halides is 3. The summed E-state index contributed by atoms with van der Waals surface area (Å²) in [5.41, 5.74) is -2.00. The molecule has 6 nitrogen and oxygen atoms in total. The summed E-state index contributed by atoms with van der Waals surface area (Å²) in [5, 5.41) is 3.41. The van der Waals surface area contributed by atoms with Gasteiger partial charge in [0.25, 0.3) is 0 Å². The Hall–Kier alpha value is -2.79. The number of Topliss-reactive ketones (excluding diaryl/α,β-unsaturated/α-hetero) is 1. The zero-order chi connectivity index (χ0) is 30.3. The fourth-order valence-corrected chi connectivity index (χ4v) is 9.38. The van der Waals surface area contributed by atoms with Crippen LogP contribution in [0.1, 0.15) is 70.4 Å². The van der Waals surface area contributed by atoms with E-state index in [4.69, 9.17) is 4.99 Å². The Bertz CT molecular complexity index is 1520. The van der Waals surface area contributed by atoms with Crippen molar-refractivity contribution in [3.63, 3.8) is 0 Å². The highest BCUT2D eigenvalue weighted by atomic mass is 32.2. The summed E-state index contributed by atoms with van der Waals surface area (Å²) in [7, 11) is -4.11. The maximum Gasteiger partial charge on any atom is 0.416 e. The number of aliphatic imine (C=N–C) groups is 1. The van der Waals surface area contributed by atoms with Crippen LogP contribution in [0.4, 0.5) is 17.6 Å². The van der Waals surface area contributed by atoms with Crippen molar-refractivity contribution in [1.82, 2.24) is 9.62 Å². The van der Waals surface area contributed by atoms with E-state index in [0.29, 0.717) is 43.7 Å². The number of rotatable bonds is 9. The minimum absolute atomic E-state index is 0.0803. The molecule has 2 aromatic carbocycles. The highest BCUT2D eigenvalue weighted by Crippen LogP contribution is 2.71. The fourth-order valence-electron chi connectivity index (χ4n) is 7.63. The lowest BCUT2D eigenvalue weighted by Gasteiger charge is -2.73. The third-order valence-electron chi connectivity index (χ3n) is 9.76. The topological polar surface area (TPSA) is 78.8 Å². The van der Waals surface area contributed by atoms with Gasteiger partial charge in [0.15, 0.2) is 5.78 Å². The molecule has 0 aromatic heterocycles. The average molecular weight is 606 g/mol. The Morgan fingerprint density at radius 3 is 2.14 bits per heavy atom. The number of hydrogen-bond donors (Lipinski definition) is 1. The van der Waals surface area contributed by atoms with Crippen molar-refractivity contribution < 1.29 is 30.8 Å². The van der Waals surface area contributed by atoms with Crippen molar-refractivity contribution in [1.29, 1.82) is 0 Å². The molecule has 4 aliphatic carbocycles. The minimum Gasteiger partial charge on any atom is -0.360 e. The third kappa shape index (κ3) is 4.86. The number of sulfonamides is 1. The molecular formula is C31H35F4N3O3S. The van der Waals surface area contributed by atoms with Crippen LogP contribution in [0.15, 0.2) is 58.4 Å². The van der Waals surface area contributed by atoms with Gasteiger partial charge in [0.05, 0.1) is 17.0 Å². The van der Waals surface area contributed by atoms with Crippen molar-refractivity contribution in [3.8, 4) is 0 Å². The standard InChI is InChI=1S/C31H35F4N3O3S/c1-27(2)13-21(14-27)12-25(39)28(3)19-36-26(37-28)29-16-30(17-29,18-29)38(42(40,41)24-10-8-23(32)9-11-24)15-20-4-6-22(7-5-20)31(33,34)35/h4-11,21H,12-19H2,1-3H3,(H,36,37)/t28-,29?,30?/m1/s1. The van der Waals surface area contributed by atoms with E-state index in [9.17, 15) is 30.8 Å². The van der Waals surface area contributed by atoms with Gasteiger partial charge in [0, 0.05) is 23.9 Å². The van der Waals surface area contributed by atoms with Crippen LogP contribution in [0.5, 0.6) is 0 Å². The van der Waals surface area contributed by atoms with Crippen molar-refractivity contribution in [2.24, 2.45) is 21.7 Å². The summed E-state index contributed by atoms with van der Waals surface area (Å²) < 4.78 is 82.1. The van der Waals surface area contributed by atoms with E-state index in [1.807, 2.05) is 6.92 Å². The van der Waals surface area contributed by atoms with E-state index >= 15 is 0 Å². The van der Waals surface area contributed by atoms with Crippen LogP contribution in [0.25, 0.3) is 0 Å². The van der Waals surface area contributed by atoms with Crippen molar-refractivity contribution in [2.75, 3.05) is 6.54 Å². The second kappa shape index (κ2) is 9.35. The van der Waals surface area contributed by atoms with E-state index < -0.39 is 38.7 Å². The zero-order valence-corrected chi connectivity index (χ0v) is 24.7. The molecule has 4 saturated carbocycles. The van der Waals surface area contributed by atoms with Gasteiger partial charge in [-0.15, -0.1) is 0 Å². The lowest BCUT2D eigenvalue weighted by atomic mass is 9.38. The van der Waals surface area contributed by atoms with Crippen molar-refractivity contribution in [3.05, 3.63) is 65.5 Å². The molecule has 0 radical (unpaired) electrons. The van der Waals surface area contributed by atoms with Gasteiger partial charge in [-0.2, -0.15) is 17.5 Å². The van der Waals surface area contributed by atoms with Crippen molar-refractivity contribution >= 4 is 21.6 Å². The molecule has 42 heavy (non-hydrogen) atoms. The third-order valence-corrected chi connectivity index (χ3v) is 11.7.